The summed E-state index contributed by atoms with van der Waals surface area (Å²) in [6.07, 6.45) is -0.288. The maximum Gasteiger partial charge on any atom is 0.315 e. The highest BCUT2D eigenvalue weighted by atomic mass is 35.5. The lowest BCUT2D eigenvalue weighted by Gasteiger charge is -2.51. The predicted molar refractivity (Wildman–Crippen MR) is 117 cm³/mol. The van der Waals surface area contributed by atoms with Crippen molar-refractivity contribution in [1.82, 2.24) is 15.5 Å². The summed E-state index contributed by atoms with van der Waals surface area (Å²) in [5.74, 6) is -0.293. The van der Waals surface area contributed by atoms with Gasteiger partial charge < -0.3 is 25.7 Å². The summed E-state index contributed by atoms with van der Waals surface area (Å²) in [5.41, 5.74) is -0.922. The highest BCUT2D eigenvalue weighted by Gasteiger charge is 2.50. The number of hydrogen-bond donors (Lipinski definition) is 4. The van der Waals surface area contributed by atoms with Crippen molar-refractivity contribution < 1.29 is 19.8 Å². The van der Waals surface area contributed by atoms with Crippen molar-refractivity contribution in [3.05, 3.63) is 34.9 Å². The molecule has 3 atom stereocenters. The molecule has 7 nitrogen and oxygen atoms in total. The summed E-state index contributed by atoms with van der Waals surface area (Å²) < 4.78 is 0. The summed E-state index contributed by atoms with van der Waals surface area (Å²) in [6.45, 7) is 10.0. The molecule has 1 aliphatic heterocycles. The SMILES string of the molecule is CC(C)[C@@H](NC(=O)NC[C@H](C)O)C(=O)N1CC[C@](O)(c2ccc(Cl)cc2)C(C)(C)C1. The van der Waals surface area contributed by atoms with Gasteiger partial charge in [0, 0.05) is 30.1 Å². The molecule has 0 unspecified atom stereocenters. The van der Waals surface area contributed by atoms with Gasteiger partial charge in [-0.2, -0.15) is 0 Å². The number of aliphatic hydroxyl groups excluding tert-OH is 1. The number of carbonyl (C=O) groups excluding carboxylic acids is 2. The normalized spacial score (nSPS) is 23.0. The summed E-state index contributed by atoms with van der Waals surface area (Å²) in [7, 11) is 0. The highest BCUT2D eigenvalue weighted by Crippen LogP contribution is 2.46. The first-order valence-electron chi connectivity index (χ1n) is 10.4. The van der Waals surface area contributed by atoms with Crippen LogP contribution in [0.15, 0.2) is 24.3 Å². The van der Waals surface area contributed by atoms with Crippen molar-refractivity contribution >= 4 is 23.5 Å². The largest absolute Gasteiger partial charge is 0.392 e. The van der Waals surface area contributed by atoms with Crippen LogP contribution in [0, 0.1) is 11.3 Å². The number of urea groups is 1. The Morgan fingerprint density at radius 3 is 2.30 bits per heavy atom. The summed E-state index contributed by atoms with van der Waals surface area (Å²) in [5, 5.41) is 26.7. The molecule has 2 rings (SSSR count). The lowest BCUT2D eigenvalue weighted by molar-refractivity contribution is -0.155. The Labute approximate surface area is 183 Å². The zero-order valence-corrected chi connectivity index (χ0v) is 19.2. The molecule has 0 saturated carbocycles. The zero-order chi connectivity index (χ0) is 22.7. The second-order valence-electron chi connectivity index (χ2n) is 9.19. The third-order valence-electron chi connectivity index (χ3n) is 5.86. The van der Waals surface area contributed by atoms with E-state index >= 15 is 0 Å². The number of nitrogens with zero attached hydrogens (tertiary/aromatic N) is 1. The van der Waals surface area contributed by atoms with Crippen LogP contribution in [0.2, 0.25) is 5.02 Å². The Bertz CT molecular complexity index is 751. The molecule has 3 amide bonds. The van der Waals surface area contributed by atoms with Gasteiger partial charge in [-0.1, -0.05) is 51.4 Å². The average molecular weight is 440 g/mol. The van der Waals surface area contributed by atoms with Crippen LogP contribution in [0.25, 0.3) is 0 Å². The molecule has 0 bridgehead atoms. The standard InChI is InChI=1S/C22H34ClN3O4/c1-14(2)18(25-20(29)24-12-15(3)27)19(28)26-11-10-22(30,21(4,5)13-26)16-6-8-17(23)9-7-16/h6-9,14-15,18,27,30H,10-13H2,1-5H3,(H2,24,25,29)/t15-,18+,22-/m0/s1. The number of likely N-dealkylation sites (tertiary alicyclic amines) is 1. The summed E-state index contributed by atoms with van der Waals surface area (Å²) in [4.78, 5) is 27.1. The number of benzene rings is 1. The van der Waals surface area contributed by atoms with E-state index in [-0.39, 0.29) is 18.4 Å². The molecular formula is C22H34ClN3O4. The van der Waals surface area contributed by atoms with E-state index in [0.29, 0.717) is 24.5 Å². The Morgan fingerprint density at radius 1 is 1.20 bits per heavy atom. The fourth-order valence-electron chi connectivity index (χ4n) is 3.91. The van der Waals surface area contributed by atoms with Crippen LogP contribution >= 0.6 is 11.6 Å². The molecule has 1 aliphatic rings. The van der Waals surface area contributed by atoms with Crippen molar-refractivity contribution in [2.75, 3.05) is 19.6 Å². The first kappa shape index (κ1) is 24.4. The molecule has 1 aromatic rings. The van der Waals surface area contributed by atoms with Gasteiger partial charge in [-0.3, -0.25) is 4.79 Å². The van der Waals surface area contributed by atoms with E-state index < -0.39 is 29.2 Å². The van der Waals surface area contributed by atoms with Crippen LogP contribution in [-0.4, -0.2) is 58.8 Å². The predicted octanol–water partition coefficient (Wildman–Crippen LogP) is 2.49. The topological polar surface area (TPSA) is 102 Å². The highest BCUT2D eigenvalue weighted by molar-refractivity contribution is 6.30. The maximum absolute atomic E-state index is 13.2. The molecule has 0 spiro atoms. The molecule has 4 N–H and O–H groups in total. The lowest BCUT2D eigenvalue weighted by atomic mass is 9.66. The number of hydrogen-bond acceptors (Lipinski definition) is 4. The number of amides is 3. The van der Waals surface area contributed by atoms with Crippen molar-refractivity contribution in [2.45, 2.75) is 58.8 Å². The molecule has 8 heteroatoms. The van der Waals surface area contributed by atoms with Crippen LogP contribution in [0.5, 0.6) is 0 Å². The van der Waals surface area contributed by atoms with Gasteiger partial charge in [-0.25, -0.2) is 4.79 Å². The molecule has 168 valence electrons. The molecule has 1 fully saturated rings. The Kier molecular flexibility index (Phi) is 7.77. The quantitative estimate of drug-likeness (QED) is 0.546. The van der Waals surface area contributed by atoms with Gasteiger partial charge in [0.05, 0.1) is 11.7 Å². The molecule has 1 aromatic carbocycles. The van der Waals surface area contributed by atoms with E-state index in [1.807, 2.05) is 39.8 Å². The Hall–Kier alpha value is -1.83. The van der Waals surface area contributed by atoms with Gasteiger partial charge in [0.15, 0.2) is 0 Å². The fourth-order valence-corrected chi connectivity index (χ4v) is 4.04. The second-order valence-corrected chi connectivity index (χ2v) is 9.62. The van der Waals surface area contributed by atoms with Gasteiger partial charge in [-0.05, 0) is 37.0 Å². The van der Waals surface area contributed by atoms with Crippen LogP contribution in [-0.2, 0) is 10.4 Å². The Morgan fingerprint density at radius 2 is 1.80 bits per heavy atom. The van der Waals surface area contributed by atoms with Crippen LogP contribution in [0.4, 0.5) is 4.79 Å². The molecule has 1 heterocycles. The third-order valence-corrected chi connectivity index (χ3v) is 6.11. The average Bonchev–Trinajstić information content (AvgIpc) is 2.66. The van der Waals surface area contributed by atoms with Crippen molar-refractivity contribution in [3.63, 3.8) is 0 Å². The monoisotopic (exact) mass is 439 g/mol. The zero-order valence-electron chi connectivity index (χ0n) is 18.4. The smallest absolute Gasteiger partial charge is 0.315 e. The first-order chi connectivity index (χ1) is 13.9. The number of piperidine rings is 1. The minimum absolute atomic E-state index is 0.107. The van der Waals surface area contributed by atoms with E-state index in [0.717, 1.165) is 5.56 Å². The number of nitrogens with one attached hydrogen (secondary N) is 2. The van der Waals surface area contributed by atoms with Crippen LogP contribution in [0.3, 0.4) is 0 Å². The van der Waals surface area contributed by atoms with Gasteiger partial charge in [0.2, 0.25) is 5.91 Å². The number of halogens is 1. The molecule has 0 aliphatic carbocycles. The molecular weight excluding hydrogens is 406 g/mol. The maximum atomic E-state index is 13.2. The molecule has 1 saturated heterocycles. The number of rotatable bonds is 6. The summed E-state index contributed by atoms with van der Waals surface area (Å²) >= 11 is 5.99. The second kappa shape index (κ2) is 9.54. The van der Waals surface area contributed by atoms with Crippen LogP contribution < -0.4 is 10.6 Å². The fraction of sp³-hybridized carbons (Fsp3) is 0.636. The minimum atomic E-state index is -1.09. The third kappa shape index (κ3) is 5.45. The van der Waals surface area contributed by atoms with Gasteiger partial charge in [-0.15, -0.1) is 0 Å². The molecule has 30 heavy (non-hydrogen) atoms. The van der Waals surface area contributed by atoms with Gasteiger partial charge >= 0.3 is 6.03 Å². The van der Waals surface area contributed by atoms with Gasteiger partial charge in [0.1, 0.15) is 6.04 Å². The molecule has 0 aromatic heterocycles. The van der Waals surface area contributed by atoms with Gasteiger partial charge in [0.25, 0.3) is 0 Å². The number of carbonyl (C=O) groups is 2. The van der Waals surface area contributed by atoms with Crippen molar-refractivity contribution in [3.8, 4) is 0 Å². The van der Waals surface area contributed by atoms with Crippen molar-refractivity contribution in [2.24, 2.45) is 11.3 Å². The van der Waals surface area contributed by atoms with E-state index in [1.54, 1.807) is 24.0 Å². The van der Waals surface area contributed by atoms with E-state index in [9.17, 15) is 19.8 Å². The van der Waals surface area contributed by atoms with E-state index in [1.165, 1.54) is 0 Å². The van der Waals surface area contributed by atoms with E-state index in [2.05, 4.69) is 10.6 Å². The minimum Gasteiger partial charge on any atom is -0.392 e. The van der Waals surface area contributed by atoms with Crippen molar-refractivity contribution in [1.29, 1.82) is 0 Å². The lowest BCUT2D eigenvalue weighted by Crippen LogP contribution is -2.61. The molecule has 0 radical (unpaired) electrons. The van der Waals surface area contributed by atoms with Crippen LogP contribution in [0.1, 0.15) is 46.6 Å². The number of aliphatic hydroxyl groups is 2. The first-order valence-corrected chi connectivity index (χ1v) is 10.7. The van der Waals surface area contributed by atoms with E-state index in [4.69, 9.17) is 11.6 Å². The summed E-state index contributed by atoms with van der Waals surface area (Å²) in [6, 6.07) is 5.98. The Balaban J connectivity index is 2.13.